The van der Waals surface area contributed by atoms with Crippen molar-refractivity contribution < 1.29 is 19.1 Å². The van der Waals surface area contributed by atoms with Crippen molar-refractivity contribution in [3.05, 3.63) is 57.4 Å². The molecule has 1 aliphatic heterocycles. The summed E-state index contributed by atoms with van der Waals surface area (Å²) < 4.78 is 11.2. The lowest BCUT2D eigenvalue weighted by molar-refractivity contribution is -0.136. The van der Waals surface area contributed by atoms with Crippen molar-refractivity contribution in [3.8, 4) is 22.6 Å². The summed E-state index contributed by atoms with van der Waals surface area (Å²) in [5, 5.41) is 11.2. The normalized spacial score (nSPS) is 16.3. The van der Waals surface area contributed by atoms with Crippen LogP contribution in [0, 0.1) is 5.92 Å². The average molecular weight is 399 g/mol. The fraction of sp³-hybridized carbons (Fsp3) is 0.273. The summed E-state index contributed by atoms with van der Waals surface area (Å²) in [6, 6.07) is 8.15. The second kappa shape index (κ2) is 6.99. The van der Waals surface area contributed by atoms with Gasteiger partial charge in [-0.3, -0.25) is 9.59 Å². The van der Waals surface area contributed by atoms with E-state index < -0.39 is 0 Å². The molecule has 144 valence electrons. The van der Waals surface area contributed by atoms with E-state index in [1.807, 2.05) is 0 Å². The molecule has 0 spiro atoms. The number of aromatic hydroxyl groups is 1. The highest BCUT2D eigenvalue weighted by Gasteiger charge is 2.32. The fourth-order valence-corrected chi connectivity index (χ4v) is 3.95. The average Bonchev–Trinajstić information content (AvgIpc) is 2.61. The summed E-state index contributed by atoms with van der Waals surface area (Å²) in [6.45, 7) is 4.13. The predicted molar refractivity (Wildman–Crippen MR) is 107 cm³/mol. The molecule has 0 fully saturated rings. The molecule has 5 nitrogen and oxygen atoms in total. The van der Waals surface area contributed by atoms with Crippen LogP contribution in [-0.4, -0.2) is 11.1 Å². The first kappa shape index (κ1) is 18.6. The Kier molecular flexibility index (Phi) is 4.63. The van der Waals surface area contributed by atoms with Crippen LogP contribution in [0.5, 0.6) is 11.5 Å². The van der Waals surface area contributed by atoms with E-state index in [-0.39, 0.29) is 46.2 Å². The summed E-state index contributed by atoms with van der Waals surface area (Å²) >= 11 is 5.92. The van der Waals surface area contributed by atoms with Gasteiger partial charge < -0.3 is 14.3 Å². The number of rotatable bonds is 3. The van der Waals surface area contributed by atoms with Crippen LogP contribution < -0.4 is 10.2 Å². The summed E-state index contributed by atoms with van der Waals surface area (Å²) in [7, 11) is 0. The van der Waals surface area contributed by atoms with Gasteiger partial charge in [-0.25, -0.2) is 0 Å². The molecule has 0 saturated heterocycles. The molecule has 0 unspecified atom stereocenters. The number of carbonyl (C=O) groups excluding carboxylic acids is 1. The largest absolute Gasteiger partial charge is 0.507 e. The summed E-state index contributed by atoms with van der Waals surface area (Å²) in [5.41, 5.74) is 1.57. The molecule has 4 rings (SSSR count). The monoisotopic (exact) mass is 398 g/mol. The first-order valence-corrected chi connectivity index (χ1v) is 9.51. The van der Waals surface area contributed by atoms with Crippen LogP contribution in [0.1, 0.15) is 38.2 Å². The van der Waals surface area contributed by atoms with Gasteiger partial charge in [0.1, 0.15) is 28.7 Å². The van der Waals surface area contributed by atoms with E-state index in [4.69, 9.17) is 20.8 Å². The number of carbonyl (C=O) groups is 1. The molecule has 2 heterocycles. The Hall–Kier alpha value is -2.79. The van der Waals surface area contributed by atoms with Gasteiger partial charge in [-0.05, 0) is 30.0 Å². The Morgan fingerprint density at radius 2 is 1.93 bits per heavy atom. The number of ether oxygens (including phenoxy) is 1. The predicted octanol–water partition coefficient (Wildman–Crippen LogP) is 5.26. The van der Waals surface area contributed by atoms with Crippen LogP contribution in [0.3, 0.4) is 0 Å². The number of phenols is 1. The first-order valence-electron chi connectivity index (χ1n) is 9.13. The van der Waals surface area contributed by atoms with Crippen molar-refractivity contribution in [1.29, 1.82) is 0 Å². The van der Waals surface area contributed by atoms with Crippen molar-refractivity contribution >= 4 is 28.5 Å². The Bertz CT molecular complexity index is 1130. The van der Waals surface area contributed by atoms with Gasteiger partial charge in [0.2, 0.25) is 5.43 Å². The third kappa shape index (κ3) is 3.16. The van der Waals surface area contributed by atoms with Gasteiger partial charge in [0, 0.05) is 22.6 Å². The first-order chi connectivity index (χ1) is 13.3. The number of esters is 1. The number of phenolic OH excluding ortho intramolecular Hbond substituents is 1. The Morgan fingerprint density at radius 3 is 2.61 bits per heavy atom. The van der Waals surface area contributed by atoms with Crippen LogP contribution in [0.25, 0.3) is 22.1 Å². The minimum absolute atomic E-state index is 0.0953. The molecular weight excluding hydrogens is 380 g/mol. The maximum atomic E-state index is 13.2. The Balaban J connectivity index is 1.97. The molecule has 1 aliphatic rings. The molecule has 6 heteroatoms. The highest BCUT2D eigenvalue weighted by molar-refractivity contribution is 6.30. The molecule has 1 N–H and O–H groups in total. The minimum Gasteiger partial charge on any atom is -0.507 e. The van der Waals surface area contributed by atoms with Gasteiger partial charge in [-0.2, -0.15) is 0 Å². The van der Waals surface area contributed by atoms with Gasteiger partial charge in [0.25, 0.3) is 0 Å². The molecule has 0 aliphatic carbocycles. The van der Waals surface area contributed by atoms with E-state index in [1.165, 1.54) is 12.3 Å². The van der Waals surface area contributed by atoms with Crippen LogP contribution in [0.2, 0.25) is 5.02 Å². The van der Waals surface area contributed by atoms with E-state index in [0.717, 1.165) is 6.42 Å². The molecule has 0 saturated carbocycles. The molecule has 0 radical (unpaired) electrons. The zero-order valence-electron chi connectivity index (χ0n) is 15.5. The third-order valence-corrected chi connectivity index (χ3v) is 5.24. The van der Waals surface area contributed by atoms with E-state index in [2.05, 4.69) is 13.8 Å². The quantitative estimate of drug-likeness (QED) is 0.481. The standard InChI is InChI=1S/C22H19ClO5/c1-11(2)7-13-8-18(25)28-17-9-16(24)20-21(26)15(10-27-22(20)19(13)17)12-3-5-14(23)6-4-12/h3-6,9-11,13,24H,7-8H2,1-2H3/t13-/m1/s1. The van der Waals surface area contributed by atoms with Crippen molar-refractivity contribution in [2.75, 3.05) is 0 Å². The third-order valence-electron chi connectivity index (χ3n) is 4.98. The van der Waals surface area contributed by atoms with Gasteiger partial charge in [0.05, 0.1) is 12.0 Å². The van der Waals surface area contributed by atoms with Crippen molar-refractivity contribution in [1.82, 2.24) is 0 Å². The van der Waals surface area contributed by atoms with Gasteiger partial charge >= 0.3 is 5.97 Å². The molecular formula is C22H19ClO5. The highest BCUT2D eigenvalue weighted by atomic mass is 35.5. The maximum absolute atomic E-state index is 13.2. The van der Waals surface area contributed by atoms with Crippen LogP contribution in [0.4, 0.5) is 0 Å². The number of halogens is 1. The van der Waals surface area contributed by atoms with Crippen LogP contribution in [-0.2, 0) is 4.79 Å². The lowest BCUT2D eigenvalue weighted by atomic mass is 9.84. The van der Waals surface area contributed by atoms with E-state index >= 15 is 0 Å². The molecule has 3 aromatic rings. The maximum Gasteiger partial charge on any atom is 0.311 e. The second-order valence-electron chi connectivity index (χ2n) is 7.50. The van der Waals surface area contributed by atoms with Gasteiger partial charge in [-0.15, -0.1) is 0 Å². The van der Waals surface area contributed by atoms with E-state index in [9.17, 15) is 14.7 Å². The molecule has 0 bridgehead atoms. The Morgan fingerprint density at radius 1 is 1.21 bits per heavy atom. The molecule has 0 amide bonds. The Labute approximate surface area is 166 Å². The molecule has 1 atom stereocenters. The lowest BCUT2D eigenvalue weighted by Crippen LogP contribution is -2.22. The van der Waals surface area contributed by atoms with E-state index in [0.29, 0.717) is 27.6 Å². The smallest absolute Gasteiger partial charge is 0.311 e. The SMILES string of the molecule is CC(C)C[C@@H]1CC(=O)Oc2cc(O)c3c(=O)c(-c4ccc(Cl)cc4)coc3c21. The molecule has 28 heavy (non-hydrogen) atoms. The van der Waals surface area contributed by atoms with E-state index in [1.54, 1.807) is 24.3 Å². The number of benzene rings is 2. The van der Waals surface area contributed by atoms with Crippen molar-refractivity contribution in [2.24, 2.45) is 5.92 Å². The number of fused-ring (bicyclic) bond motifs is 3. The zero-order chi connectivity index (χ0) is 20.0. The summed E-state index contributed by atoms with van der Waals surface area (Å²) in [5.74, 6) is -0.154. The van der Waals surface area contributed by atoms with Gasteiger partial charge in [0.15, 0.2) is 0 Å². The van der Waals surface area contributed by atoms with Crippen LogP contribution >= 0.6 is 11.6 Å². The summed E-state index contributed by atoms with van der Waals surface area (Å²) in [6.07, 6.45) is 2.34. The second-order valence-corrected chi connectivity index (χ2v) is 7.94. The van der Waals surface area contributed by atoms with Crippen molar-refractivity contribution in [3.63, 3.8) is 0 Å². The summed E-state index contributed by atoms with van der Waals surface area (Å²) in [4.78, 5) is 25.1. The molecule has 2 aromatic carbocycles. The van der Waals surface area contributed by atoms with Crippen LogP contribution in [0.15, 0.2) is 45.8 Å². The lowest BCUT2D eigenvalue weighted by Gasteiger charge is -2.26. The zero-order valence-corrected chi connectivity index (χ0v) is 16.2. The molecule has 1 aromatic heterocycles. The fourth-order valence-electron chi connectivity index (χ4n) is 3.82. The van der Waals surface area contributed by atoms with Gasteiger partial charge in [-0.1, -0.05) is 37.6 Å². The number of hydrogen-bond donors (Lipinski definition) is 1. The topological polar surface area (TPSA) is 76.7 Å². The minimum atomic E-state index is -0.350. The highest BCUT2D eigenvalue weighted by Crippen LogP contribution is 2.45. The number of hydrogen-bond acceptors (Lipinski definition) is 5. The van der Waals surface area contributed by atoms with Crippen molar-refractivity contribution in [2.45, 2.75) is 32.6 Å².